The predicted molar refractivity (Wildman–Crippen MR) is 107 cm³/mol. The van der Waals surface area contributed by atoms with Gasteiger partial charge >= 0.3 is 0 Å². The maximum atomic E-state index is 12.2. The van der Waals surface area contributed by atoms with E-state index in [1.807, 2.05) is 13.8 Å². The summed E-state index contributed by atoms with van der Waals surface area (Å²) < 4.78 is 0. The van der Waals surface area contributed by atoms with Crippen molar-refractivity contribution in [1.82, 2.24) is 15.5 Å². The highest BCUT2D eigenvalue weighted by Crippen LogP contribution is 2.27. The molecule has 8 heteroatoms. The molecule has 1 atom stereocenters. The van der Waals surface area contributed by atoms with Crippen LogP contribution in [0.4, 0.5) is 0 Å². The second-order valence-electron chi connectivity index (χ2n) is 8.06. The van der Waals surface area contributed by atoms with Gasteiger partial charge in [-0.25, -0.2) is 0 Å². The molecule has 0 aromatic rings. The molecule has 0 radical (unpaired) electrons. The van der Waals surface area contributed by atoms with E-state index in [0.717, 1.165) is 12.8 Å². The molecule has 3 amide bonds. The Hall–Kier alpha value is -1.34. The third kappa shape index (κ3) is 7.66. The fourth-order valence-electron chi connectivity index (χ4n) is 3.73. The molecule has 1 aliphatic heterocycles. The Kier molecular flexibility index (Phi) is 10.1. The van der Waals surface area contributed by atoms with E-state index in [4.69, 9.17) is 5.73 Å². The molecular formula is C19H35ClN4O3. The van der Waals surface area contributed by atoms with Gasteiger partial charge in [0.1, 0.15) is 0 Å². The summed E-state index contributed by atoms with van der Waals surface area (Å²) in [7, 11) is 0. The van der Waals surface area contributed by atoms with Crippen LogP contribution in [0.1, 0.15) is 58.8 Å². The molecule has 0 aromatic heterocycles. The van der Waals surface area contributed by atoms with Crippen LogP contribution >= 0.6 is 12.4 Å². The van der Waals surface area contributed by atoms with E-state index < -0.39 is 6.04 Å². The summed E-state index contributed by atoms with van der Waals surface area (Å²) >= 11 is 0. The number of nitrogens with two attached hydrogens (primary N) is 1. The first-order valence-corrected chi connectivity index (χ1v) is 9.97. The van der Waals surface area contributed by atoms with Crippen molar-refractivity contribution in [1.29, 1.82) is 0 Å². The van der Waals surface area contributed by atoms with Crippen LogP contribution in [0, 0.1) is 11.8 Å². The molecule has 4 N–H and O–H groups in total. The lowest BCUT2D eigenvalue weighted by atomic mass is 10.0. The molecule has 7 nitrogen and oxygen atoms in total. The van der Waals surface area contributed by atoms with Crippen molar-refractivity contribution in [2.45, 2.75) is 70.9 Å². The summed E-state index contributed by atoms with van der Waals surface area (Å²) in [6.07, 6.45) is 7.01. The van der Waals surface area contributed by atoms with E-state index in [0.29, 0.717) is 25.4 Å². The maximum absolute atomic E-state index is 12.2. The minimum Gasteiger partial charge on any atom is -0.353 e. The molecule has 156 valence electrons. The highest BCUT2D eigenvalue weighted by Gasteiger charge is 2.26. The molecule has 27 heavy (non-hydrogen) atoms. The minimum atomic E-state index is -0.594. The zero-order valence-corrected chi connectivity index (χ0v) is 17.4. The van der Waals surface area contributed by atoms with Crippen molar-refractivity contribution in [3.63, 3.8) is 0 Å². The monoisotopic (exact) mass is 402 g/mol. The normalized spacial score (nSPS) is 19.5. The van der Waals surface area contributed by atoms with Gasteiger partial charge in [-0.2, -0.15) is 0 Å². The van der Waals surface area contributed by atoms with Crippen molar-refractivity contribution in [3.05, 3.63) is 0 Å². The second kappa shape index (κ2) is 11.5. The van der Waals surface area contributed by atoms with Crippen LogP contribution < -0.4 is 16.4 Å². The van der Waals surface area contributed by atoms with Crippen molar-refractivity contribution < 1.29 is 14.4 Å². The smallest absolute Gasteiger partial charge is 0.241 e. The van der Waals surface area contributed by atoms with Gasteiger partial charge in [-0.1, -0.05) is 26.7 Å². The fourth-order valence-corrected chi connectivity index (χ4v) is 3.73. The molecule has 1 aliphatic carbocycles. The molecule has 0 spiro atoms. The lowest BCUT2D eigenvalue weighted by Gasteiger charge is -2.32. The van der Waals surface area contributed by atoms with Crippen LogP contribution in [0.15, 0.2) is 0 Å². The Bertz CT molecular complexity index is 501. The number of hydrogen-bond donors (Lipinski definition) is 3. The van der Waals surface area contributed by atoms with Gasteiger partial charge in [-0.15, -0.1) is 12.4 Å². The zero-order chi connectivity index (χ0) is 19.1. The van der Waals surface area contributed by atoms with Crippen molar-refractivity contribution >= 4 is 30.1 Å². The summed E-state index contributed by atoms with van der Waals surface area (Å²) in [5, 5.41) is 5.74. The molecule has 2 aliphatic rings. The SMILES string of the molecule is CC(C)[C@H](N)C(=O)NCC(=O)N1CCC(NC(=O)CC2CCCC2)CC1.Cl. The highest BCUT2D eigenvalue weighted by atomic mass is 35.5. The Morgan fingerprint density at radius 3 is 2.22 bits per heavy atom. The predicted octanol–water partition coefficient (Wildman–Crippen LogP) is 1.20. The van der Waals surface area contributed by atoms with E-state index in [1.165, 1.54) is 25.7 Å². The lowest BCUT2D eigenvalue weighted by Crippen LogP contribution is -2.51. The van der Waals surface area contributed by atoms with Crippen LogP contribution in [0.25, 0.3) is 0 Å². The molecule has 1 saturated heterocycles. The van der Waals surface area contributed by atoms with E-state index >= 15 is 0 Å². The maximum Gasteiger partial charge on any atom is 0.241 e. The van der Waals surface area contributed by atoms with E-state index in [2.05, 4.69) is 10.6 Å². The number of nitrogens with one attached hydrogen (secondary N) is 2. The summed E-state index contributed by atoms with van der Waals surface area (Å²) in [6, 6.07) is -0.444. The molecule has 1 saturated carbocycles. The summed E-state index contributed by atoms with van der Waals surface area (Å²) in [4.78, 5) is 37.9. The average Bonchev–Trinajstić information content (AvgIpc) is 3.12. The van der Waals surface area contributed by atoms with Crippen LogP contribution in [0.3, 0.4) is 0 Å². The zero-order valence-electron chi connectivity index (χ0n) is 16.5. The molecule has 0 aromatic carbocycles. The molecule has 0 bridgehead atoms. The topological polar surface area (TPSA) is 105 Å². The highest BCUT2D eigenvalue weighted by molar-refractivity contribution is 5.87. The summed E-state index contributed by atoms with van der Waals surface area (Å²) in [6.45, 7) is 4.95. The first-order valence-electron chi connectivity index (χ1n) is 9.97. The van der Waals surface area contributed by atoms with Crippen LogP contribution in [-0.4, -0.2) is 54.3 Å². The van der Waals surface area contributed by atoms with Gasteiger partial charge in [-0.3, -0.25) is 14.4 Å². The Morgan fingerprint density at radius 2 is 1.67 bits per heavy atom. The molecular weight excluding hydrogens is 368 g/mol. The fraction of sp³-hybridized carbons (Fsp3) is 0.842. The number of nitrogens with zero attached hydrogens (tertiary/aromatic N) is 1. The van der Waals surface area contributed by atoms with Crippen LogP contribution in [-0.2, 0) is 14.4 Å². The van der Waals surface area contributed by atoms with E-state index in [9.17, 15) is 14.4 Å². The van der Waals surface area contributed by atoms with Crippen molar-refractivity contribution in [2.75, 3.05) is 19.6 Å². The Labute approximate surface area is 168 Å². The Balaban J connectivity index is 0.00000364. The largest absolute Gasteiger partial charge is 0.353 e. The summed E-state index contributed by atoms with van der Waals surface area (Å²) in [5.74, 6) is 0.357. The number of piperidine rings is 1. The summed E-state index contributed by atoms with van der Waals surface area (Å²) in [5.41, 5.74) is 5.77. The van der Waals surface area contributed by atoms with Gasteiger partial charge in [0.2, 0.25) is 17.7 Å². The molecule has 2 rings (SSSR count). The number of likely N-dealkylation sites (tertiary alicyclic amines) is 1. The minimum absolute atomic E-state index is 0. The second-order valence-corrected chi connectivity index (χ2v) is 8.06. The van der Waals surface area contributed by atoms with Crippen molar-refractivity contribution in [3.8, 4) is 0 Å². The number of carbonyl (C=O) groups excluding carboxylic acids is 3. The molecule has 0 unspecified atom stereocenters. The number of hydrogen-bond acceptors (Lipinski definition) is 4. The number of rotatable bonds is 7. The molecule has 1 heterocycles. The van der Waals surface area contributed by atoms with Crippen LogP contribution in [0.2, 0.25) is 0 Å². The first kappa shape index (κ1) is 23.7. The molecule has 2 fully saturated rings. The number of carbonyl (C=O) groups is 3. The number of halogens is 1. The lowest BCUT2D eigenvalue weighted by molar-refractivity contribution is -0.134. The average molecular weight is 403 g/mol. The van der Waals surface area contributed by atoms with E-state index in [-0.39, 0.29) is 48.6 Å². The standard InChI is InChI=1S/C19H34N4O3.ClH/c1-13(2)18(20)19(26)21-12-17(25)23-9-7-15(8-10-23)22-16(24)11-14-5-3-4-6-14;/h13-15,18H,3-12,20H2,1-2H3,(H,21,26)(H,22,24);1H/t18-;/m0./s1. The number of amides is 3. The Morgan fingerprint density at radius 1 is 1.07 bits per heavy atom. The van der Waals surface area contributed by atoms with Gasteiger partial charge < -0.3 is 21.3 Å². The quantitative estimate of drug-likeness (QED) is 0.595. The van der Waals surface area contributed by atoms with Gasteiger partial charge in [0.15, 0.2) is 0 Å². The van der Waals surface area contributed by atoms with E-state index in [1.54, 1.807) is 4.90 Å². The van der Waals surface area contributed by atoms with Crippen LogP contribution in [0.5, 0.6) is 0 Å². The third-order valence-electron chi connectivity index (χ3n) is 5.60. The van der Waals surface area contributed by atoms with Gasteiger partial charge in [0, 0.05) is 25.6 Å². The third-order valence-corrected chi connectivity index (χ3v) is 5.60. The van der Waals surface area contributed by atoms with Gasteiger partial charge in [0.05, 0.1) is 12.6 Å². The van der Waals surface area contributed by atoms with Gasteiger partial charge in [-0.05, 0) is 37.5 Å². The van der Waals surface area contributed by atoms with Crippen molar-refractivity contribution in [2.24, 2.45) is 17.6 Å². The first-order chi connectivity index (χ1) is 12.4. The van der Waals surface area contributed by atoms with Gasteiger partial charge in [0.25, 0.3) is 0 Å².